The van der Waals surface area contributed by atoms with Crippen molar-refractivity contribution >= 4 is 49.1 Å². The second-order valence-electron chi connectivity index (χ2n) is 13.0. The van der Waals surface area contributed by atoms with E-state index in [1.54, 1.807) is 11.0 Å². The number of alkyl halides is 1. The van der Waals surface area contributed by atoms with Crippen molar-refractivity contribution in [3.63, 3.8) is 0 Å². The lowest BCUT2D eigenvalue weighted by molar-refractivity contribution is -0.126. The number of nitriles is 1. The average molecular weight is 676 g/mol. The van der Waals surface area contributed by atoms with Crippen LogP contribution < -0.4 is 15.4 Å². The second-order valence-corrected chi connectivity index (χ2v) is 14.0. The van der Waals surface area contributed by atoms with Gasteiger partial charge in [0, 0.05) is 42.9 Å². The fourth-order valence-electron chi connectivity index (χ4n) is 8.15. The highest BCUT2D eigenvalue weighted by Crippen LogP contribution is 2.44. The number of hydrogen-bond acceptors (Lipinski definition) is 9. The zero-order chi connectivity index (χ0) is 33.9. The molecule has 0 bridgehead atoms. The molecule has 3 saturated heterocycles. The number of halogens is 3. The van der Waals surface area contributed by atoms with Crippen molar-refractivity contribution < 1.29 is 22.7 Å². The second kappa shape index (κ2) is 12.2. The van der Waals surface area contributed by atoms with Gasteiger partial charge in [0.25, 0.3) is 0 Å². The number of benzene rings is 2. The normalized spacial score (nSPS) is 23.9. The number of thiophene rings is 1. The van der Waals surface area contributed by atoms with Crippen LogP contribution in [0.2, 0.25) is 0 Å². The summed E-state index contributed by atoms with van der Waals surface area (Å²) >= 11 is 0.944. The molecule has 3 aliphatic heterocycles. The van der Waals surface area contributed by atoms with E-state index in [1.807, 2.05) is 24.9 Å². The summed E-state index contributed by atoms with van der Waals surface area (Å²) < 4.78 is 52.1. The average Bonchev–Trinajstić information content (AvgIpc) is 3.83. The van der Waals surface area contributed by atoms with Crippen LogP contribution in [0.25, 0.3) is 32.1 Å². The van der Waals surface area contributed by atoms with E-state index in [4.69, 9.17) is 20.4 Å². The largest absolute Gasteiger partial charge is 0.461 e. The van der Waals surface area contributed by atoms with Crippen LogP contribution >= 0.6 is 11.3 Å². The molecule has 5 heterocycles. The number of fused-ring (bicyclic) bond motifs is 3. The molecule has 4 aromatic rings. The van der Waals surface area contributed by atoms with Gasteiger partial charge in [-0.3, -0.25) is 9.69 Å². The standard InChI is InChI=1S/C35H36F3N7O2S/c1-4-27-28(9-12-45(27)29(46)5-2)43(3)33-22-13-25(38)21(20-7-8-24(37)31-30(20)23(16-39)32(40)48-31)14-26(22)41-34(42-33)47-18-35-10-6-11-44(35)17-19(36)15-35/h5,7-8,13-14,19,27-28H,2,4,6,9-12,15,17-18,40H2,1,3H3/t19-,27-,28-,35+/m1/s1. The Labute approximate surface area is 280 Å². The Morgan fingerprint density at radius 3 is 2.83 bits per heavy atom. The lowest BCUT2D eigenvalue weighted by Gasteiger charge is -2.34. The summed E-state index contributed by atoms with van der Waals surface area (Å²) in [5.41, 5.74) is 6.52. The minimum atomic E-state index is -0.926. The number of likely N-dealkylation sites (N-methyl/N-ethyl adjacent to an activating group) is 1. The van der Waals surface area contributed by atoms with Crippen LogP contribution in [-0.2, 0) is 4.79 Å². The maximum absolute atomic E-state index is 16.3. The predicted molar refractivity (Wildman–Crippen MR) is 181 cm³/mol. The van der Waals surface area contributed by atoms with Gasteiger partial charge in [0.15, 0.2) is 0 Å². The van der Waals surface area contributed by atoms with Gasteiger partial charge < -0.3 is 20.3 Å². The zero-order valence-electron chi connectivity index (χ0n) is 26.8. The van der Waals surface area contributed by atoms with Crippen molar-refractivity contribution in [2.45, 2.75) is 62.8 Å². The van der Waals surface area contributed by atoms with E-state index in [1.165, 1.54) is 24.3 Å². The summed E-state index contributed by atoms with van der Waals surface area (Å²) in [6.07, 6.45) is 3.88. The number of carbonyl (C=O) groups excluding carboxylic acids is 1. The van der Waals surface area contributed by atoms with Gasteiger partial charge in [-0.15, -0.1) is 11.3 Å². The number of anilines is 2. The van der Waals surface area contributed by atoms with Gasteiger partial charge in [0.05, 0.1) is 33.4 Å². The van der Waals surface area contributed by atoms with E-state index < -0.39 is 23.3 Å². The molecule has 1 amide bonds. The molecule has 2 aromatic carbocycles. The lowest BCUT2D eigenvalue weighted by atomic mass is 9.95. The summed E-state index contributed by atoms with van der Waals surface area (Å²) in [4.78, 5) is 28.1. The molecule has 3 aliphatic rings. The summed E-state index contributed by atoms with van der Waals surface area (Å²) in [5.74, 6) is -0.888. The predicted octanol–water partition coefficient (Wildman–Crippen LogP) is 6.20. The van der Waals surface area contributed by atoms with Crippen molar-refractivity contribution in [3.05, 3.63) is 54.1 Å². The highest BCUT2D eigenvalue weighted by Gasteiger charge is 2.49. The van der Waals surface area contributed by atoms with Gasteiger partial charge in [0.2, 0.25) is 5.91 Å². The van der Waals surface area contributed by atoms with E-state index in [0.29, 0.717) is 54.6 Å². The van der Waals surface area contributed by atoms with Gasteiger partial charge in [-0.1, -0.05) is 19.6 Å². The highest BCUT2D eigenvalue weighted by atomic mass is 32.1. The monoisotopic (exact) mass is 675 g/mol. The van der Waals surface area contributed by atoms with Gasteiger partial charge in [-0.2, -0.15) is 15.2 Å². The molecule has 0 spiro atoms. The molecular weight excluding hydrogens is 639 g/mol. The minimum absolute atomic E-state index is 0.0669. The Kier molecular flexibility index (Phi) is 8.20. The maximum atomic E-state index is 16.3. The molecule has 0 saturated carbocycles. The van der Waals surface area contributed by atoms with Crippen LogP contribution in [0, 0.1) is 23.0 Å². The van der Waals surface area contributed by atoms with Gasteiger partial charge in [0.1, 0.15) is 41.3 Å². The molecule has 9 nitrogen and oxygen atoms in total. The van der Waals surface area contributed by atoms with E-state index in [-0.39, 0.29) is 56.8 Å². The Hall–Kier alpha value is -4.41. The third-order valence-electron chi connectivity index (χ3n) is 10.4. The number of likely N-dealkylation sites (tertiary alicyclic amines) is 1. The quantitative estimate of drug-likeness (QED) is 0.220. The first kappa shape index (κ1) is 32.2. The SMILES string of the molecule is C=CC(=O)N1CC[C@@H](N(C)c2nc(OC[C@@]34CCCN3C[C@H](F)C4)nc3cc(-c4ccc(F)c5sc(N)c(C#N)c45)c(F)cc23)[C@H]1CC. The van der Waals surface area contributed by atoms with Crippen molar-refractivity contribution in [2.75, 3.05) is 43.9 Å². The van der Waals surface area contributed by atoms with Gasteiger partial charge >= 0.3 is 6.01 Å². The smallest absolute Gasteiger partial charge is 0.319 e. The first-order valence-electron chi connectivity index (χ1n) is 16.2. The molecule has 3 fully saturated rings. The van der Waals surface area contributed by atoms with Crippen LogP contribution in [0.5, 0.6) is 6.01 Å². The summed E-state index contributed by atoms with van der Waals surface area (Å²) in [5, 5.41) is 10.7. The Morgan fingerprint density at radius 2 is 2.08 bits per heavy atom. The first-order chi connectivity index (χ1) is 23.1. The van der Waals surface area contributed by atoms with Crippen molar-refractivity contribution in [3.8, 4) is 23.2 Å². The number of ether oxygens (including phenoxy) is 1. The lowest BCUT2D eigenvalue weighted by Crippen LogP contribution is -2.45. The number of aromatic nitrogens is 2. The molecule has 0 unspecified atom stereocenters. The van der Waals surface area contributed by atoms with Crippen molar-refractivity contribution in [1.29, 1.82) is 5.26 Å². The first-order valence-corrected chi connectivity index (χ1v) is 17.0. The molecule has 7 rings (SSSR count). The molecule has 48 heavy (non-hydrogen) atoms. The fraction of sp³-hybridized carbons (Fsp3) is 0.429. The van der Waals surface area contributed by atoms with Gasteiger partial charge in [-0.25, -0.2) is 13.2 Å². The Morgan fingerprint density at radius 1 is 1.27 bits per heavy atom. The number of nitrogen functional groups attached to an aromatic ring is 1. The van der Waals surface area contributed by atoms with Crippen molar-refractivity contribution in [1.82, 2.24) is 19.8 Å². The van der Waals surface area contributed by atoms with Gasteiger partial charge in [-0.05, 0) is 62.1 Å². The van der Waals surface area contributed by atoms with Crippen LogP contribution in [-0.4, -0.2) is 82.8 Å². The summed E-state index contributed by atoms with van der Waals surface area (Å²) in [6, 6.07) is 7.43. The molecule has 0 aliphatic carbocycles. The number of hydrogen-bond donors (Lipinski definition) is 1. The summed E-state index contributed by atoms with van der Waals surface area (Å²) in [6.45, 7) is 7.60. The third-order valence-corrected chi connectivity index (χ3v) is 11.4. The topological polar surface area (TPSA) is 112 Å². The molecule has 4 atom stereocenters. The van der Waals surface area contributed by atoms with Crippen LogP contribution in [0.15, 0.2) is 36.9 Å². The fourth-order valence-corrected chi connectivity index (χ4v) is 9.10. The third kappa shape index (κ3) is 5.13. The van der Waals surface area contributed by atoms with Crippen LogP contribution in [0.4, 0.5) is 24.0 Å². The maximum Gasteiger partial charge on any atom is 0.319 e. The highest BCUT2D eigenvalue weighted by molar-refractivity contribution is 7.23. The summed E-state index contributed by atoms with van der Waals surface area (Å²) in [7, 11) is 1.87. The number of carbonyl (C=O) groups is 1. The van der Waals surface area contributed by atoms with Crippen LogP contribution in [0.3, 0.4) is 0 Å². The van der Waals surface area contributed by atoms with E-state index in [9.17, 15) is 18.8 Å². The minimum Gasteiger partial charge on any atom is -0.461 e. The molecule has 2 N–H and O–H groups in total. The number of rotatable bonds is 8. The number of amides is 1. The Bertz CT molecular complexity index is 2000. The molecule has 13 heteroatoms. The van der Waals surface area contributed by atoms with Crippen molar-refractivity contribution in [2.24, 2.45) is 0 Å². The van der Waals surface area contributed by atoms with E-state index in [2.05, 4.69) is 11.5 Å². The molecule has 250 valence electrons. The van der Waals surface area contributed by atoms with E-state index >= 15 is 4.39 Å². The number of nitrogens with two attached hydrogens (primary N) is 1. The van der Waals surface area contributed by atoms with Crippen LogP contribution in [0.1, 0.15) is 44.6 Å². The molecule has 0 radical (unpaired) electrons. The van der Waals surface area contributed by atoms with E-state index in [0.717, 1.165) is 30.7 Å². The zero-order valence-corrected chi connectivity index (χ0v) is 27.6. The molecule has 2 aromatic heterocycles. The number of nitrogens with zero attached hydrogens (tertiary/aromatic N) is 6. The Balaban J connectivity index is 1.36. The molecular formula is C35H36F3N7O2S.